The van der Waals surface area contributed by atoms with Crippen molar-refractivity contribution in [2.45, 2.75) is 37.6 Å². The highest BCUT2D eigenvalue weighted by atomic mass is 32.2. The summed E-state index contributed by atoms with van der Waals surface area (Å²) in [6, 6.07) is 11.1. The van der Waals surface area contributed by atoms with Crippen LogP contribution in [0.1, 0.15) is 24.3 Å². The summed E-state index contributed by atoms with van der Waals surface area (Å²) in [4.78, 5) is 17.3. The molecule has 2 aromatic rings. The molecule has 3 saturated heterocycles. The van der Waals surface area contributed by atoms with Crippen molar-refractivity contribution in [3.8, 4) is 0 Å². The second-order valence-corrected chi connectivity index (χ2v) is 8.11. The van der Waals surface area contributed by atoms with Gasteiger partial charge < -0.3 is 9.32 Å². The number of hydrogen-bond acceptors (Lipinski definition) is 6. The van der Waals surface area contributed by atoms with Gasteiger partial charge in [0.05, 0.1) is 5.75 Å². The van der Waals surface area contributed by atoms with Crippen molar-refractivity contribution >= 4 is 17.7 Å². The monoisotopic (exact) mass is 372 g/mol. The Hall–Kier alpha value is -1.86. The molecule has 0 saturated carbocycles. The summed E-state index contributed by atoms with van der Waals surface area (Å²) in [5.41, 5.74) is 1.35. The van der Waals surface area contributed by atoms with Crippen LogP contribution in [-0.4, -0.2) is 57.3 Å². The van der Waals surface area contributed by atoms with Crippen LogP contribution in [0.2, 0.25) is 0 Å². The number of aryl methyl sites for hydroxylation is 1. The number of aromatic nitrogens is 2. The summed E-state index contributed by atoms with van der Waals surface area (Å²) in [6.45, 7) is 5.50. The number of rotatable bonds is 5. The summed E-state index contributed by atoms with van der Waals surface area (Å²) in [6.07, 6.45) is 2.40. The minimum Gasteiger partial charge on any atom is -0.416 e. The van der Waals surface area contributed by atoms with E-state index < -0.39 is 0 Å². The standard InChI is InChI=1S/C19H24N4O2S/c1-14-20-21-19(25-14)26-13-18(24)23-11-16-7-8-17(12-23)22(10-16)9-15-5-3-2-4-6-15/h2-6,16-17H,7-13H2,1H3/t16-,17-/m1/s1. The fourth-order valence-electron chi connectivity index (χ4n) is 3.95. The number of hydrogen-bond donors (Lipinski definition) is 0. The smallest absolute Gasteiger partial charge is 0.277 e. The molecule has 5 rings (SSSR count). The van der Waals surface area contributed by atoms with Crippen LogP contribution in [0.4, 0.5) is 0 Å². The topological polar surface area (TPSA) is 62.5 Å². The lowest BCUT2D eigenvalue weighted by atomic mass is 9.94. The highest BCUT2D eigenvalue weighted by Crippen LogP contribution is 2.30. The van der Waals surface area contributed by atoms with E-state index >= 15 is 0 Å². The average molecular weight is 372 g/mol. The fraction of sp³-hybridized carbons (Fsp3) is 0.526. The molecule has 2 atom stereocenters. The lowest BCUT2D eigenvalue weighted by Crippen LogP contribution is -2.44. The van der Waals surface area contributed by atoms with Crippen LogP contribution in [0, 0.1) is 12.8 Å². The zero-order valence-electron chi connectivity index (χ0n) is 15.0. The summed E-state index contributed by atoms with van der Waals surface area (Å²) in [5, 5.41) is 8.23. The molecule has 0 spiro atoms. The van der Waals surface area contributed by atoms with E-state index in [-0.39, 0.29) is 5.91 Å². The lowest BCUT2D eigenvalue weighted by molar-refractivity contribution is -0.128. The summed E-state index contributed by atoms with van der Waals surface area (Å²) in [7, 11) is 0. The lowest BCUT2D eigenvalue weighted by Gasteiger charge is -2.36. The number of nitrogens with zero attached hydrogens (tertiary/aromatic N) is 4. The molecule has 7 heteroatoms. The number of carbonyl (C=O) groups excluding carboxylic acids is 1. The van der Waals surface area contributed by atoms with Crippen molar-refractivity contribution < 1.29 is 9.21 Å². The molecule has 1 aromatic heterocycles. The third-order valence-electron chi connectivity index (χ3n) is 5.23. The maximum Gasteiger partial charge on any atom is 0.277 e. The number of benzene rings is 1. The van der Waals surface area contributed by atoms with Crippen molar-refractivity contribution in [2.24, 2.45) is 5.92 Å². The zero-order valence-corrected chi connectivity index (χ0v) is 15.8. The number of amides is 1. The van der Waals surface area contributed by atoms with E-state index in [1.807, 2.05) is 4.90 Å². The SMILES string of the molecule is Cc1nnc(SCC(=O)N2C[C@@H]3CC[C@H](C2)N(Cc2ccccc2)C3)o1. The summed E-state index contributed by atoms with van der Waals surface area (Å²) < 4.78 is 5.35. The maximum absolute atomic E-state index is 12.7. The van der Waals surface area contributed by atoms with E-state index in [2.05, 4.69) is 45.4 Å². The molecular formula is C19H24N4O2S. The van der Waals surface area contributed by atoms with Crippen molar-refractivity contribution in [1.29, 1.82) is 0 Å². The van der Waals surface area contributed by atoms with Gasteiger partial charge in [0.1, 0.15) is 0 Å². The largest absolute Gasteiger partial charge is 0.416 e. The second kappa shape index (κ2) is 7.80. The van der Waals surface area contributed by atoms with E-state index in [9.17, 15) is 4.79 Å². The van der Waals surface area contributed by atoms with E-state index in [1.54, 1.807) is 6.92 Å². The first-order chi connectivity index (χ1) is 12.7. The number of carbonyl (C=O) groups is 1. The molecular weight excluding hydrogens is 348 g/mol. The van der Waals surface area contributed by atoms with E-state index in [1.165, 1.54) is 30.2 Å². The first kappa shape index (κ1) is 17.5. The normalized spacial score (nSPS) is 23.2. The van der Waals surface area contributed by atoms with Crippen LogP contribution in [-0.2, 0) is 11.3 Å². The Labute approximate surface area is 157 Å². The number of fused-ring (bicyclic) bond motifs is 4. The molecule has 0 unspecified atom stereocenters. The van der Waals surface area contributed by atoms with Crippen molar-refractivity contribution in [2.75, 3.05) is 25.4 Å². The third-order valence-corrected chi connectivity index (χ3v) is 6.04. The Bertz CT molecular complexity index is 751. The highest BCUT2D eigenvalue weighted by molar-refractivity contribution is 7.99. The zero-order chi connectivity index (χ0) is 17.9. The molecule has 138 valence electrons. The molecule has 1 amide bonds. The van der Waals surface area contributed by atoms with Gasteiger partial charge in [0.15, 0.2) is 0 Å². The van der Waals surface area contributed by atoms with Gasteiger partial charge in [0.25, 0.3) is 5.22 Å². The first-order valence-electron chi connectivity index (χ1n) is 9.16. The van der Waals surface area contributed by atoms with E-state index in [0.29, 0.717) is 28.8 Å². The van der Waals surface area contributed by atoms with Crippen LogP contribution in [0.3, 0.4) is 0 Å². The molecule has 3 aliphatic rings. The van der Waals surface area contributed by atoms with E-state index in [0.717, 1.165) is 26.2 Å². The van der Waals surface area contributed by atoms with Crippen molar-refractivity contribution in [3.63, 3.8) is 0 Å². The quantitative estimate of drug-likeness (QED) is 0.752. The fourth-order valence-corrected chi connectivity index (χ4v) is 4.65. The number of thioether (sulfide) groups is 1. The van der Waals surface area contributed by atoms with Crippen molar-refractivity contribution in [1.82, 2.24) is 20.0 Å². The maximum atomic E-state index is 12.7. The Morgan fingerprint density at radius 1 is 1.19 bits per heavy atom. The Balaban J connectivity index is 1.37. The van der Waals surface area contributed by atoms with Crippen LogP contribution < -0.4 is 0 Å². The molecule has 26 heavy (non-hydrogen) atoms. The molecule has 0 aliphatic carbocycles. The Morgan fingerprint density at radius 3 is 2.81 bits per heavy atom. The first-order valence-corrected chi connectivity index (χ1v) is 10.1. The van der Waals surface area contributed by atoms with Gasteiger partial charge in [-0.15, -0.1) is 10.2 Å². The third kappa shape index (κ3) is 4.10. The van der Waals surface area contributed by atoms with Gasteiger partial charge in [-0.05, 0) is 24.3 Å². The van der Waals surface area contributed by atoms with Gasteiger partial charge in [-0.3, -0.25) is 9.69 Å². The molecule has 3 fully saturated rings. The van der Waals surface area contributed by atoms with Gasteiger partial charge in [-0.1, -0.05) is 42.1 Å². The molecule has 0 radical (unpaired) electrons. The molecule has 1 aromatic carbocycles. The molecule has 0 N–H and O–H groups in total. The van der Waals surface area contributed by atoms with Crippen LogP contribution in [0.5, 0.6) is 0 Å². The summed E-state index contributed by atoms with van der Waals surface area (Å²) in [5.74, 6) is 1.63. The van der Waals surface area contributed by atoms with Gasteiger partial charge in [-0.25, -0.2) is 0 Å². The van der Waals surface area contributed by atoms with Gasteiger partial charge in [0, 0.05) is 39.1 Å². The minimum absolute atomic E-state index is 0.171. The molecule has 6 nitrogen and oxygen atoms in total. The van der Waals surface area contributed by atoms with Gasteiger partial charge in [0.2, 0.25) is 11.8 Å². The Kier molecular flexibility index (Phi) is 5.26. The molecule has 2 bridgehead atoms. The van der Waals surface area contributed by atoms with Crippen LogP contribution in [0.25, 0.3) is 0 Å². The predicted molar refractivity (Wildman–Crippen MR) is 99.7 cm³/mol. The van der Waals surface area contributed by atoms with Gasteiger partial charge >= 0.3 is 0 Å². The summed E-state index contributed by atoms with van der Waals surface area (Å²) >= 11 is 1.33. The molecule has 4 heterocycles. The molecule has 3 aliphatic heterocycles. The van der Waals surface area contributed by atoms with Crippen LogP contribution in [0.15, 0.2) is 40.0 Å². The number of piperidine rings is 1. The van der Waals surface area contributed by atoms with Crippen molar-refractivity contribution in [3.05, 3.63) is 41.8 Å². The predicted octanol–water partition coefficient (Wildman–Crippen LogP) is 2.59. The highest BCUT2D eigenvalue weighted by Gasteiger charge is 2.36. The van der Waals surface area contributed by atoms with Gasteiger partial charge in [-0.2, -0.15) is 0 Å². The van der Waals surface area contributed by atoms with Crippen LogP contribution >= 0.6 is 11.8 Å². The minimum atomic E-state index is 0.171. The second-order valence-electron chi connectivity index (χ2n) is 7.19. The average Bonchev–Trinajstić information content (AvgIpc) is 2.87. The van der Waals surface area contributed by atoms with E-state index in [4.69, 9.17) is 4.42 Å². The Morgan fingerprint density at radius 2 is 2.04 bits per heavy atom.